The number of halogens is 9. The van der Waals surface area contributed by atoms with E-state index in [1.165, 1.54) is 47.1 Å². The Hall–Kier alpha value is -8.19. The van der Waals surface area contributed by atoms with Gasteiger partial charge >= 0.3 is 12.4 Å². The summed E-state index contributed by atoms with van der Waals surface area (Å²) in [5.41, 5.74) is -4.01. The number of nitrogens with one attached hydrogen (secondary N) is 3. The van der Waals surface area contributed by atoms with Gasteiger partial charge in [0.25, 0.3) is 5.92 Å². The molecule has 3 N–H and O–H groups in total. The number of carbonyl (C=O) groups is 12. The Bertz CT molecular complexity index is 3590. The number of fused-ring (bicyclic) bond motifs is 2. The third-order valence-electron chi connectivity index (χ3n) is 21.9. The summed E-state index contributed by atoms with van der Waals surface area (Å²) in [6.45, 7) is 9.99. The molecule has 4 aliphatic heterocycles. The molecule has 5 fully saturated rings. The predicted molar refractivity (Wildman–Crippen MR) is 373 cm³/mol. The Labute approximate surface area is 618 Å². The van der Waals surface area contributed by atoms with Crippen LogP contribution in [0.4, 0.5) is 35.1 Å². The fourth-order valence-electron chi connectivity index (χ4n) is 14.7. The predicted octanol–water partition coefficient (Wildman–Crippen LogP) is 6.57. The topological polar surface area (TPSA) is 270 Å². The highest BCUT2D eigenvalue weighted by atomic mass is 35.5. The highest BCUT2D eigenvalue weighted by molar-refractivity contribution is 6.31. The van der Waals surface area contributed by atoms with Gasteiger partial charge in [-0.25, -0.2) is 8.78 Å². The minimum atomic E-state index is -4.89. The maximum atomic E-state index is 16.2. The molecule has 0 radical (unpaired) electrons. The average molecular weight is 1530 g/mol. The first-order valence-electron chi connectivity index (χ1n) is 36.2. The summed E-state index contributed by atoms with van der Waals surface area (Å²) in [5, 5.41) is 7.24. The van der Waals surface area contributed by atoms with Crippen molar-refractivity contribution < 1.29 is 92.7 Å². The number of likely N-dealkylation sites (N-methyl/N-ethyl adjacent to an activating group) is 6. The molecule has 4 heterocycles. The van der Waals surface area contributed by atoms with Crippen molar-refractivity contribution in [2.75, 3.05) is 75.0 Å². The highest BCUT2D eigenvalue weighted by Crippen LogP contribution is 2.39. The van der Waals surface area contributed by atoms with Crippen LogP contribution in [0, 0.1) is 17.8 Å². The normalized spacial score (nSPS) is 26.7. The van der Waals surface area contributed by atoms with Gasteiger partial charge in [0.05, 0.1) is 35.7 Å². The zero-order chi connectivity index (χ0) is 79.2. The lowest BCUT2D eigenvalue weighted by Crippen LogP contribution is -2.65. The van der Waals surface area contributed by atoms with Crippen molar-refractivity contribution in [3.05, 3.63) is 69.7 Å². The van der Waals surface area contributed by atoms with Crippen LogP contribution in [0.25, 0.3) is 0 Å². The van der Waals surface area contributed by atoms with Crippen molar-refractivity contribution in [2.24, 2.45) is 17.8 Å². The molecule has 1 spiro atoms. The Morgan fingerprint density at radius 3 is 1.78 bits per heavy atom. The SMILES string of the molecule is CC[C@H](C)[C@@H]1NC(=O)[C@H](CC(C)C)N(C)C(=O)C[C@@H](C(=O)N2CCCC2)N(C)C(=O)[C@H]([C@@H](C)CC)N(C)C(=O)C2(CCCC2)NC(=O)[C@@H]2CC(F)(F)CN2C(=O)[C@H](CCc2ccc(C(F)(F)F)c(Cl)c2)NC(=O)CN(C)C(=O)[C@H](Cc2ccc(C(F)(F)F)cc2)N(C)C(=O)[C@@H]2CCN2C(=O)[C@H](C)N(C)C1=O. The molecule has 0 bridgehead atoms. The maximum absolute atomic E-state index is 16.2. The molecule has 106 heavy (non-hydrogen) atoms. The van der Waals surface area contributed by atoms with E-state index in [0.717, 1.165) is 77.7 Å². The summed E-state index contributed by atoms with van der Waals surface area (Å²) in [6, 6.07) is -7.57. The lowest BCUT2D eigenvalue weighted by Gasteiger charge is -2.45. The largest absolute Gasteiger partial charge is 0.417 e. The van der Waals surface area contributed by atoms with Gasteiger partial charge in [0.2, 0.25) is 70.9 Å². The summed E-state index contributed by atoms with van der Waals surface area (Å²) in [5.74, 6) is -16.2. The van der Waals surface area contributed by atoms with E-state index in [1.54, 1.807) is 41.5 Å². The van der Waals surface area contributed by atoms with Crippen LogP contribution in [0.5, 0.6) is 0 Å². The van der Waals surface area contributed by atoms with E-state index < -0.39 is 216 Å². The molecule has 4 saturated heterocycles. The Morgan fingerprint density at radius 1 is 0.632 bits per heavy atom. The Kier molecular flexibility index (Phi) is 27.9. The molecule has 0 aromatic heterocycles. The smallest absolute Gasteiger partial charge is 0.343 e. The molecule has 33 heteroatoms. The number of likely N-dealkylation sites (tertiary alicyclic amines) is 1. The monoisotopic (exact) mass is 1520 g/mol. The first kappa shape index (κ1) is 85.1. The van der Waals surface area contributed by atoms with Crippen molar-refractivity contribution in [1.29, 1.82) is 0 Å². The van der Waals surface area contributed by atoms with Gasteiger partial charge in [0.15, 0.2) is 0 Å². The van der Waals surface area contributed by atoms with Crippen LogP contribution in [-0.4, -0.2) is 256 Å². The van der Waals surface area contributed by atoms with E-state index in [9.17, 15) is 59.9 Å². The van der Waals surface area contributed by atoms with Gasteiger partial charge in [0, 0.05) is 74.8 Å². The van der Waals surface area contributed by atoms with Gasteiger partial charge in [-0.3, -0.25) is 57.5 Å². The van der Waals surface area contributed by atoms with Crippen LogP contribution < -0.4 is 16.0 Å². The molecule has 24 nitrogen and oxygen atoms in total. The molecule has 1 saturated carbocycles. The summed E-state index contributed by atoms with van der Waals surface area (Å²) in [7, 11) is 7.60. The van der Waals surface area contributed by atoms with Gasteiger partial charge in [-0.2, -0.15) is 26.3 Å². The van der Waals surface area contributed by atoms with Crippen molar-refractivity contribution in [2.45, 2.75) is 223 Å². The lowest BCUT2D eigenvalue weighted by molar-refractivity contribution is -0.160. The Morgan fingerprint density at radius 2 is 1.24 bits per heavy atom. The second-order valence-corrected chi connectivity index (χ2v) is 30.2. The molecule has 0 unspecified atom stereocenters. The average Bonchev–Trinajstić information content (AvgIpc) is 1.51. The third-order valence-corrected chi connectivity index (χ3v) is 22.2. The Balaban J connectivity index is 1.33. The molecule has 1 aliphatic carbocycles. The lowest BCUT2D eigenvalue weighted by atomic mass is 9.90. The van der Waals surface area contributed by atoms with Gasteiger partial charge in [-0.15, -0.1) is 0 Å². The minimum absolute atomic E-state index is 0.0159. The number of hydrogen-bond acceptors (Lipinski definition) is 12. The van der Waals surface area contributed by atoms with E-state index >= 15 is 32.8 Å². The van der Waals surface area contributed by atoms with Crippen molar-refractivity contribution in [3.63, 3.8) is 0 Å². The van der Waals surface area contributed by atoms with Gasteiger partial charge < -0.3 is 60.0 Å². The minimum Gasteiger partial charge on any atom is -0.343 e. The van der Waals surface area contributed by atoms with Gasteiger partial charge in [0.1, 0.15) is 59.9 Å². The molecular weight excluding hydrogens is 1420 g/mol. The zero-order valence-electron chi connectivity index (χ0n) is 62.4. The number of hydrogen-bond donors (Lipinski definition) is 3. The van der Waals surface area contributed by atoms with Gasteiger partial charge in [-0.05, 0) is 111 Å². The quantitative estimate of drug-likeness (QED) is 0.191. The number of carbonyl (C=O) groups excluding carboxylic acids is 12. The third kappa shape index (κ3) is 19.6. The molecule has 5 aliphatic rings. The van der Waals surface area contributed by atoms with E-state index in [4.69, 9.17) is 11.6 Å². The fourth-order valence-corrected chi connectivity index (χ4v) is 15.0. The van der Waals surface area contributed by atoms with Crippen molar-refractivity contribution in [1.82, 2.24) is 60.0 Å². The molecule has 7 rings (SSSR count). The molecule has 11 atom stereocenters. The molecule has 12 amide bonds. The molecular formula is C73H101ClF8N12O12. The number of amides is 12. The van der Waals surface area contributed by atoms with E-state index in [1.807, 2.05) is 0 Å². The van der Waals surface area contributed by atoms with Crippen molar-refractivity contribution in [3.8, 4) is 0 Å². The second-order valence-electron chi connectivity index (χ2n) is 29.8. The number of nitrogens with zero attached hydrogens (tertiary/aromatic N) is 9. The molecule has 2 aromatic rings. The first-order chi connectivity index (χ1) is 49.4. The van der Waals surface area contributed by atoms with Crippen LogP contribution >= 0.6 is 11.6 Å². The number of rotatable bonds is 12. The van der Waals surface area contributed by atoms with Crippen LogP contribution in [0.1, 0.15) is 154 Å². The van der Waals surface area contributed by atoms with E-state index in [-0.39, 0.29) is 75.2 Å². The van der Waals surface area contributed by atoms with Crippen LogP contribution in [0.2, 0.25) is 5.02 Å². The van der Waals surface area contributed by atoms with Crippen LogP contribution in [-0.2, 0) is 82.7 Å². The fraction of sp³-hybridized carbons (Fsp3) is 0.671. The summed E-state index contributed by atoms with van der Waals surface area (Å²) < 4.78 is 116. The second kappa shape index (κ2) is 34.8. The summed E-state index contributed by atoms with van der Waals surface area (Å²) in [6.07, 6.45) is -10.8. The summed E-state index contributed by atoms with van der Waals surface area (Å²) in [4.78, 5) is 189. The van der Waals surface area contributed by atoms with Gasteiger partial charge in [-0.1, -0.05) is 97.0 Å². The van der Waals surface area contributed by atoms with Crippen LogP contribution in [0.3, 0.4) is 0 Å². The standard InChI is InChI=1S/C73H101ClF8N12O12/c1-14-42(5)58-67(104)87(9)44(7)62(99)93-33-28-51(93)65(102)89(11)53(36-46-20-24-47(25-21-46)72(77,78)79)64(101)86(8)39-56(95)83-50(27-23-45-22-26-48(49(74)35-45)73(80,81)82)63(100)94-40-71(75,76)38-55(94)61(98)85-70(29-16-17-30-70)69(106)91(13)59(43(6)15-2)68(105)90(12)54(66(103)92-31-18-19-32-92)37-57(96)88(10)52(34-41(3)4)60(97)84-58/h20-22,24-26,35,41-44,50-55,58-59H,14-19,23,27-34,36-40H2,1-13H3,(H,83,95)(H,84,97)(H,85,98)/t42-,43-,44-,50-,51-,52-,53-,54-,55-,58-,59-/m0/s1. The van der Waals surface area contributed by atoms with Crippen LogP contribution in [0.15, 0.2) is 42.5 Å². The number of benzene rings is 2. The zero-order valence-corrected chi connectivity index (χ0v) is 63.2. The van der Waals surface area contributed by atoms with Crippen molar-refractivity contribution >= 4 is 82.5 Å². The van der Waals surface area contributed by atoms with E-state index in [0.29, 0.717) is 43.1 Å². The van der Waals surface area contributed by atoms with E-state index in [2.05, 4.69) is 16.0 Å². The molecule has 2 aromatic carbocycles. The molecule has 588 valence electrons. The first-order valence-corrected chi connectivity index (χ1v) is 36.6. The highest BCUT2D eigenvalue weighted by Gasteiger charge is 2.55. The number of aryl methyl sites for hydroxylation is 1. The number of alkyl halides is 8. The maximum Gasteiger partial charge on any atom is 0.417 e. The summed E-state index contributed by atoms with van der Waals surface area (Å²) >= 11 is 6.08.